The third-order valence-electron chi connectivity index (χ3n) is 4.45. The van der Waals surface area contributed by atoms with E-state index in [1.54, 1.807) is 42.0 Å². The summed E-state index contributed by atoms with van der Waals surface area (Å²) >= 11 is 0. The van der Waals surface area contributed by atoms with Gasteiger partial charge >= 0.3 is 5.69 Å². The van der Waals surface area contributed by atoms with Crippen molar-refractivity contribution in [3.63, 3.8) is 0 Å². The Morgan fingerprint density at radius 1 is 1.14 bits per heavy atom. The van der Waals surface area contributed by atoms with E-state index in [-0.39, 0.29) is 17.5 Å². The van der Waals surface area contributed by atoms with Crippen molar-refractivity contribution < 1.29 is 9.13 Å². The lowest BCUT2D eigenvalue weighted by Crippen LogP contribution is -2.15. The second-order valence-corrected chi connectivity index (χ2v) is 6.12. The molecule has 0 saturated heterocycles. The van der Waals surface area contributed by atoms with Crippen LogP contribution in [0.15, 0.2) is 59.8 Å². The topological polar surface area (TPSA) is 90.6 Å². The van der Waals surface area contributed by atoms with Crippen LogP contribution in [0.2, 0.25) is 0 Å². The number of methoxy groups -OCH3 is 1. The lowest BCUT2D eigenvalue weighted by Gasteiger charge is -2.07. The van der Waals surface area contributed by atoms with Gasteiger partial charge in [-0.3, -0.25) is 4.57 Å². The second kappa shape index (κ2) is 6.02. The number of hydrogen-bond donors (Lipinski definition) is 1. The minimum atomic E-state index is -0.384. The van der Waals surface area contributed by atoms with Crippen molar-refractivity contribution in [3.05, 3.63) is 71.3 Å². The zero-order valence-corrected chi connectivity index (χ0v) is 14.6. The second-order valence-electron chi connectivity index (χ2n) is 6.12. The van der Waals surface area contributed by atoms with Crippen LogP contribution >= 0.6 is 0 Å². The molecule has 1 N–H and O–H groups in total. The van der Waals surface area contributed by atoms with Crippen LogP contribution in [0.4, 0.5) is 4.39 Å². The molecule has 9 heteroatoms. The molecule has 8 nitrogen and oxygen atoms in total. The number of halogens is 1. The first-order valence-corrected chi connectivity index (χ1v) is 8.39. The van der Waals surface area contributed by atoms with Gasteiger partial charge in [0.1, 0.15) is 23.4 Å². The SMILES string of the molecule is COc1cccc(-n2c(=O)[nH]c3cnc(-n4cnc5ccc(F)cc54)nc32)c1. The van der Waals surface area contributed by atoms with Crippen molar-refractivity contribution in [2.75, 3.05) is 7.11 Å². The minimum absolute atomic E-state index is 0.274. The van der Waals surface area contributed by atoms with Gasteiger partial charge in [0.25, 0.3) is 0 Å². The summed E-state index contributed by atoms with van der Waals surface area (Å²) < 4.78 is 21.9. The molecule has 3 aromatic heterocycles. The molecule has 0 spiro atoms. The zero-order chi connectivity index (χ0) is 19.3. The Kier molecular flexibility index (Phi) is 3.48. The third-order valence-corrected chi connectivity index (χ3v) is 4.45. The van der Waals surface area contributed by atoms with Crippen LogP contribution in [0.1, 0.15) is 0 Å². The van der Waals surface area contributed by atoms with Crippen molar-refractivity contribution >= 4 is 22.2 Å². The third kappa shape index (κ3) is 2.44. The van der Waals surface area contributed by atoms with E-state index in [1.165, 1.54) is 29.2 Å². The Balaban J connectivity index is 1.75. The van der Waals surface area contributed by atoms with Gasteiger partial charge in [-0.15, -0.1) is 0 Å². The minimum Gasteiger partial charge on any atom is -0.497 e. The summed E-state index contributed by atoms with van der Waals surface area (Å²) in [6.45, 7) is 0. The normalized spacial score (nSPS) is 11.4. The number of rotatable bonds is 3. The summed E-state index contributed by atoms with van der Waals surface area (Å²) in [5.41, 5.74) is 2.27. The molecular formula is C19H13FN6O2. The number of aromatic nitrogens is 6. The van der Waals surface area contributed by atoms with Crippen LogP contribution in [-0.2, 0) is 0 Å². The highest BCUT2D eigenvalue weighted by atomic mass is 19.1. The number of fused-ring (bicyclic) bond motifs is 2. The van der Waals surface area contributed by atoms with Crippen molar-refractivity contribution in [2.24, 2.45) is 0 Å². The van der Waals surface area contributed by atoms with Crippen LogP contribution in [0.25, 0.3) is 33.8 Å². The molecule has 138 valence electrons. The molecule has 0 aliphatic heterocycles. The first-order chi connectivity index (χ1) is 13.6. The smallest absolute Gasteiger partial charge is 0.332 e. The highest BCUT2D eigenvalue weighted by Crippen LogP contribution is 2.21. The molecule has 0 aliphatic carbocycles. The van der Waals surface area contributed by atoms with Crippen molar-refractivity contribution in [2.45, 2.75) is 0 Å². The van der Waals surface area contributed by atoms with Crippen LogP contribution in [0.3, 0.4) is 0 Å². The molecular weight excluding hydrogens is 363 g/mol. The fourth-order valence-corrected chi connectivity index (χ4v) is 3.14. The predicted octanol–water partition coefficient (Wildman–Crippen LogP) is 2.60. The van der Waals surface area contributed by atoms with Crippen LogP contribution in [0.5, 0.6) is 5.75 Å². The van der Waals surface area contributed by atoms with Gasteiger partial charge in [0.15, 0.2) is 5.65 Å². The Labute approximate surface area is 156 Å². The van der Waals surface area contributed by atoms with Crippen molar-refractivity contribution in [1.29, 1.82) is 0 Å². The molecule has 3 heterocycles. The van der Waals surface area contributed by atoms with Crippen LogP contribution < -0.4 is 10.4 Å². The summed E-state index contributed by atoms with van der Waals surface area (Å²) in [6.07, 6.45) is 3.03. The molecule has 0 unspecified atom stereocenters. The Bertz CT molecular complexity index is 1400. The average molecular weight is 376 g/mol. The van der Waals surface area contributed by atoms with E-state index in [0.717, 1.165) is 0 Å². The Hall–Kier alpha value is -4.01. The van der Waals surface area contributed by atoms with Crippen molar-refractivity contribution in [3.8, 4) is 17.4 Å². The molecule has 28 heavy (non-hydrogen) atoms. The van der Waals surface area contributed by atoms with E-state index in [9.17, 15) is 9.18 Å². The zero-order valence-electron chi connectivity index (χ0n) is 14.6. The van der Waals surface area contributed by atoms with Gasteiger partial charge in [-0.25, -0.2) is 23.7 Å². The van der Waals surface area contributed by atoms with Gasteiger partial charge in [0, 0.05) is 12.1 Å². The Morgan fingerprint density at radius 3 is 2.89 bits per heavy atom. The maximum absolute atomic E-state index is 13.7. The number of benzene rings is 2. The van der Waals surface area contributed by atoms with E-state index >= 15 is 0 Å². The maximum Gasteiger partial charge on any atom is 0.332 e. The van der Waals surface area contributed by atoms with E-state index in [4.69, 9.17) is 4.74 Å². The van der Waals surface area contributed by atoms with Crippen molar-refractivity contribution in [1.82, 2.24) is 29.1 Å². The summed E-state index contributed by atoms with van der Waals surface area (Å²) in [7, 11) is 1.56. The van der Waals surface area contributed by atoms with E-state index < -0.39 is 0 Å². The first-order valence-electron chi connectivity index (χ1n) is 8.39. The molecule has 5 aromatic rings. The number of nitrogens with zero attached hydrogens (tertiary/aromatic N) is 5. The number of nitrogens with one attached hydrogen (secondary N) is 1. The molecule has 0 fully saturated rings. The molecule has 0 radical (unpaired) electrons. The molecule has 0 bridgehead atoms. The van der Waals surface area contributed by atoms with Crippen LogP contribution in [-0.4, -0.2) is 36.2 Å². The molecule has 0 amide bonds. The molecule has 5 rings (SSSR count). The first kappa shape index (κ1) is 16.2. The largest absolute Gasteiger partial charge is 0.497 e. The molecule has 0 atom stereocenters. The number of imidazole rings is 2. The molecule has 2 aromatic carbocycles. The number of hydrogen-bond acceptors (Lipinski definition) is 5. The summed E-state index contributed by atoms with van der Waals surface area (Å²) in [5.74, 6) is 0.505. The van der Waals surface area contributed by atoms with E-state index in [1.807, 2.05) is 0 Å². The fourth-order valence-electron chi connectivity index (χ4n) is 3.14. The van der Waals surface area contributed by atoms with Gasteiger partial charge in [0.05, 0.1) is 30.0 Å². The number of ether oxygens (including phenoxy) is 1. The lowest BCUT2D eigenvalue weighted by molar-refractivity contribution is 0.414. The van der Waals surface area contributed by atoms with Gasteiger partial charge < -0.3 is 9.72 Å². The monoisotopic (exact) mass is 376 g/mol. The maximum atomic E-state index is 13.7. The van der Waals surface area contributed by atoms with Gasteiger partial charge in [-0.2, -0.15) is 4.98 Å². The van der Waals surface area contributed by atoms with Gasteiger partial charge in [-0.1, -0.05) is 6.07 Å². The standard InChI is InChI=1S/C19H13FN6O2/c1-28-13-4-2-3-12(8-13)26-17-15(23-19(26)27)9-21-18(24-17)25-10-22-14-6-5-11(20)7-16(14)25/h2-10H,1H3,(H,23,27). The quantitative estimate of drug-likeness (QED) is 0.523. The molecule has 0 aliphatic rings. The van der Waals surface area contributed by atoms with Crippen LogP contribution in [0, 0.1) is 5.82 Å². The number of aromatic amines is 1. The van der Waals surface area contributed by atoms with Gasteiger partial charge in [0.2, 0.25) is 5.95 Å². The summed E-state index contributed by atoms with van der Waals surface area (Å²) in [4.78, 5) is 28.3. The fraction of sp³-hybridized carbons (Fsp3) is 0.0526. The highest BCUT2D eigenvalue weighted by molar-refractivity contribution is 5.78. The highest BCUT2D eigenvalue weighted by Gasteiger charge is 2.14. The predicted molar refractivity (Wildman–Crippen MR) is 101 cm³/mol. The summed E-state index contributed by atoms with van der Waals surface area (Å²) in [6, 6.07) is 11.4. The summed E-state index contributed by atoms with van der Waals surface area (Å²) in [5, 5.41) is 0. The van der Waals surface area contributed by atoms with Gasteiger partial charge in [-0.05, 0) is 24.3 Å². The lowest BCUT2D eigenvalue weighted by atomic mass is 10.3. The Morgan fingerprint density at radius 2 is 2.04 bits per heavy atom. The average Bonchev–Trinajstić information content (AvgIpc) is 3.27. The molecule has 0 saturated carbocycles. The van der Waals surface area contributed by atoms with E-state index in [2.05, 4.69) is 19.9 Å². The van der Waals surface area contributed by atoms with E-state index in [0.29, 0.717) is 33.6 Å². The number of H-pyrrole nitrogens is 1.